The van der Waals surface area contributed by atoms with Crippen molar-refractivity contribution in [3.63, 3.8) is 0 Å². The summed E-state index contributed by atoms with van der Waals surface area (Å²) in [6.45, 7) is 4.14. The fourth-order valence-electron chi connectivity index (χ4n) is 6.79. The molecule has 3 fully saturated rings. The topological polar surface area (TPSA) is 49.8 Å². The average Bonchev–Trinajstić information content (AvgIpc) is 2.93. The van der Waals surface area contributed by atoms with Gasteiger partial charge in [-0.3, -0.25) is 9.69 Å². The fourth-order valence-corrected chi connectivity index (χ4v) is 6.79. The lowest BCUT2D eigenvalue weighted by atomic mass is 9.49. The minimum atomic E-state index is -0.834. The summed E-state index contributed by atoms with van der Waals surface area (Å²) in [4.78, 5) is 15.4. The van der Waals surface area contributed by atoms with Crippen LogP contribution in [0.1, 0.15) is 55.2 Å². The van der Waals surface area contributed by atoms with Gasteiger partial charge in [-0.05, 0) is 62.6 Å². The van der Waals surface area contributed by atoms with Crippen LogP contribution >= 0.6 is 0 Å². The lowest BCUT2D eigenvalue weighted by molar-refractivity contribution is -0.190. The van der Waals surface area contributed by atoms with Gasteiger partial charge in [-0.15, -0.1) is 0 Å². The Kier molecular flexibility index (Phi) is 2.95. The Labute approximate surface area is 154 Å². The number of piperidine rings is 1. The Balaban J connectivity index is 1.53. The molecule has 2 saturated carbocycles. The smallest absolute Gasteiger partial charge is 0.174 e. The van der Waals surface area contributed by atoms with Crippen molar-refractivity contribution in [2.75, 3.05) is 13.1 Å². The molecule has 4 nitrogen and oxygen atoms in total. The highest BCUT2D eigenvalue weighted by Crippen LogP contribution is 2.63. The maximum Gasteiger partial charge on any atom is 0.174 e. The van der Waals surface area contributed by atoms with Crippen LogP contribution in [0.3, 0.4) is 0 Å². The van der Waals surface area contributed by atoms with E-state index < -0.39 is 17.1 Å². The molecule has 2 aliphatic heterocycles. The zero-order valence-electron chi connectivity index (χ0n) is 15.5. The van der Waals surface area contributed by atoms with E-state index in [0.29, 0.717) is 12.8 Å². The average molecular weight is 353 g/mol. The van der Waals surface area contributed by atoms with E-state index >= 15 is 0 Å². The van der Waals surface area contributed by atoms with E-state index in [0.717, 1.165) is 43.2 Å². The van der Waals surface area contributed by atoms with E-state index in [1.807, 2.05) is 0 Å². The minimum absolute atomic E-state index is 0.122. The number of rotatable bonds is 2. The number of hydrogen-bond acceptors (Lipinski definition) is 4. The first-order valence-electron chi connectivity index (χ1n) is 10.3. The summed E-state index contributed by atoms with van der Waals surface area (Å²) in [5.74, 6) is 1.87. The van der Waals surface area contributed by atoms with Gasteiger partial charge in [0.05, 0.1) is 11.0 Å². The number of likely N-dealkylation sites (tertiary alicyclic amines) is 1. The summed E-state index contributed by atoms with van der Waals surface area (Å²) in [5.41, 5.74) is 2.23. The molecule has 1 aromatic carbocycles. The van der Waals surface area contributed by atoms with Gasteiger partial charge in [-0.2, -0.15) is 0 Å². The Bertz CT molecular complexity index is 816. The van der Waals surface area contributed by atoms with Crippen LogP contribution in [-0.4, -0.2) is 46.6 Å². The molecule has 1 N–H and O–H groups in total. The molecule has 138 valence electrons. The highest BCUT2D eigenvalue weighted by atomic mass is 16.5. The molecule has 5 aliphatic rings. The Morgan fingerprint density at radius 3 is 2.92 bits per heavy atom. The van der Waals surface area contributed by atoms with Crippen LogP contribution in [0.25, 0.3) is 0 Å². The van der Waals surface area contributed by atoms with Crippen molar-refractivity contribution in [1.82, 2.24) is 4.90 Å². The number of carbonyl (C=O) groups is 1. The van der Waals surface area contributed by atoms with Gasteiger partial charge in [0.15, 0.2) is 11.9 Å². The first kappa shape index (κ1) is 15.6. The van der Waals surface area contributed by atoms with Crippen molar-refractivity contribution in [3.05, 3.63) is 28.8 Å². The minimum Gasteiger partial charge on any atom is -0.481 e. The predicted molar refractivity (Wildman–Crippen MR) is 97.5 cm³/mol. The van der Waals surface area contributed by atoms with E-state index in [2.05, 4.69) is 24.0 Å². The molecule has 4 atom stereocenters. The number of ketones is 1. The number of Topliss-reactive ketones (excluding diaryl/α,β-unsaturated/α-hetero) is 1. The third kappa shape index (κ3) is 1.62. The van der Waals surface area contributed by atoms with Gasteiger partial charge in [0.25, 0.3) is 0 Å². The van der Waals surface area contributed by atoms with E-state index in [1.54, 1.807) is 0 Å². The number of ether oxygens (including phenoxy) is 1. The number of hydrogen-bond donors (Lipinski definition) is 1. The molecule has 2 bridgehead atoms. The summed E-state index contributed by atoms with van der Waals surface area (Å²) >= 11 is 0. The van der Waals surface area contributed by atoms with E-state index in [1.165, 1.54) is 30.4 Å². The molecule has 1 aromatic rings. The standard InChI is InChI=1S/C22H27NO3/c1-13-5-6-15-11-17-22(25)8-7-16(24)20-21(22,18(15)19(13)26-20)9-10-23(17)12-14-3-2-4-14/h5-6,14,17,20,25H,2-4,7-12H2,1H3/t17-,20+,21+,22-/m0/s1. The van der Waals surface area contributed by atoms with Gasteiger partial charge in [0.1, 0.15) is 5.75 Å². The molecule has 0 amide bonds. The monoisotopic (exact) mass is 353 g/mol. The molecule has 0 radical (unpaired) electrons. The summed E-state index contributed by atoms with van der Waals surface area (Å²) in [5, 5.41) is 12.1. The van der Waals surface area contributed by atoms with Crippen LogP contribution in [0.4, 0.5) is 0 Å². The lowest BCUT2D eigenvalue weighted by Gasteiger charge is -2.63. The number of benzene rings is 1. The Hall–Kier alpha value is -1.39. The van der Waals surface area contributed by atoms with Crippen LogP contribution in [-0.2, 0) is 16.6 Å². The van der Waals surface area contributed by atoms with E-state index in [4.69, 9.17) is 4.74 Å². The number of carbonyl (C=O) groups excluding carboxylic acids is 1. The Morgan fingerprint density at radius 1 is 1.31 bits per heavy atom. The highest BCUT2D eigenvalue weighted by molar-refractivity contribution is 5.89. The van der Waals surface area contributed by atoms with Crippen molar-refractivity contribution in [2.24, 2.45) is 5.92 Å². The second-order valence-corrected chi connectivity index (χ2v) is 9.37. The van der Waals surface area contributed by atoms with Crippen LogP contribution in [0, 0.1) is 12.8 Å². The zero-order valence-corrected chi connectivity index (χ0v) is 15.5. The Morgan fingerprint density at radius 2 is 2.15 bits per heavy atom. The van der Waals surface area contributed by atoms with Crippen LogP contribution in [0.5, 0.6) is 5.75 Å². The van der Waals surface area contributed by atoms with Crippen molar-refractivity contribution in [1.29, 1.82) is 0 Å². The molecule has 1 spiro atoms. The highest BCUT2D eigenvalue weighted by Gasteiger charge is 2.72. The van der Waals surface area contributed by atoms with Gasteiger partial charge >= 0.3 is 0 Å². The van der Waals surface area contributed by atoms with Crippen LogP contribution in [0.2, 0.25) is 0 Å². The van der Waals surface area contributed by atoms with E-state index in [-0.39, 0.29) is 11.8 Å². The fraction of sp³-hybridized carbons (Fsp3) is 0.682. The summed E-state index contributed by atoms with van der Waals surface area (Å²) < 4.78 is 6.31. The molecule has 0 unspecified atom stereocenters. The molecule has 26 heavy (non-hydrogen) atoms. The van der Waals surface area contributed by atoms with Crippen molar-refractivity contribution in [3.8, 4) is 5.75 Å². The number of aryl methyl sites for hydroxylation is 1. The van der Waals surface area contributed by atoms with Crippen molar-refractivity contribution < 1.29 is 14.6 Å². The summed E-state index contributed by atoms with van der Waals surface area (Å²) in [6.07, 6.45) is 6.29. The molecule has 4 heteroatoms. The maximum absolute atomic E-state index is 12.8. The van der Waals surface area contributed by atoms with Crippen molar-refractivity contribution in [2.45, 2.75) is 75.0 Å². The summed E-state index contributed by atoms with van der Waals surface area (Å²) in [6, 6.07) is 4.47. The third-order valence-electron chi connectivity index (χ3n) is 8.30. The SMILES string of the molecule is Cc1ccc2c3c1O[C@@H]1C(=O)CC[C@]4(O)[C@H](C2)N(CC2CCC2)CC[C@@]314. The zero-order chi connectivity index (χ0) is 17.7. The summed E-state index contributed by atoms with van der Waals surface area (Å²) in [7, 11) is 0. The largest absolute Gasteiger partial charge is 0.481 e. The normalized spacial score (nSPS) is 40.8. The predicted octanol–water partition coefficient (Wildman–Crippen LogP) is 2.52. The maximum atomic E-state index is 12.8. The molecule has 0 aromatic heterocycles. The van der Waals surface area contributed by atoms with Gasteiger partial charge in [-0.1, -0.05) is 18.6 Å². The number of nitrogens with zero attached hydrogens (tertiary/aromatic N) is 1. The molecule has 3 aliphatic carbocycles. The quantitative estimate of drug-likeness (QED) is 0.888. The van der Waals surface area contributed by atoms with E-state index in [9.17, 15) is 9.90 Å². The number of aliphatic hydroxyl groups is 1. The van der Waals surface area contributed by atoms with Crippen molar-refractivity contribution >= 4 is 5.78 Å². The van der Waals surface area contributed by atoms with Crippen LogP contribution < -0.4 is 4.74 Å². The van der Waals surface area contributed by atoms with Gasteiger partial charge in [0.2, 0.25) is 0 Å². The molecule has 1 saturated heterocycles. The molecular formula is C22H27NO3. The molecular weight excluding hydrogens is 326 g/mol. The molecule has 2 heterocycles. The third-order valence-corrected chi connectivity index (χ3v) is 8.30. The van der Waals surface area contributed by atoms with Gasteiger partial charge in [0, 0.05) is 24.6 Å². The van der Waals surface area contributed by atoms with Gasteiger partial charge < -0.3 is 9.84 Å². The van der Waals surface area contributed by atoms with Crippen LogP contribution in [0.15, 0.2) is 12.1 Å². The molecule has 6 rings (SSSR count). The lowest BCUT2D eigenvalue weighted by Crippen LogP contribution is -2.76. The first-order valence-corrected chi connectivity index (χ1v) is 10.3. The second kappa shape index (κ2) is 4.90. The first-order chi connectivity index (χ1) is 12.5. The second-order valence-electron chi connectivity index (χ2n) is 9.37. The van der Waals surface area contributed by atoms with Gasteiger partial charge in [-0.25, -0.2) is 0 Å².